The lowest BCUT2D eigenvalue weighted by atomic mass is 10.2. The highest BCUT2D eigenvalue weighted by molar-refractivity contribution is 6.30. The van der Waals surface area contributed by atoms with Crippen molar-refractivity contribution in [3.05, 3.63) is 47.2 Å². The van der Waals surface area contributed by atoms with Crippen LogP contribution in [0.4, 0.5) is 5.69 Å². The number of rotatable bonds is 5. The number of carboxylic acids is 1. The summed E-state index contributed by atoms with van der Waals surface area (Å²) in [4.78, 5) is 12.7. The normalized spacial score (nSPS) is 10.4. The van der Waals surface area contributed by atoms with Crippen molar-refractivity contribution in [2.45, 2.75) is 6.54 Å². The molecular weight excluding hydrogens is 266 g/mol. The van der Waals surface area contributed by atoms with Gasteiger partial charge >= 0.3 is 5.97 Å². The van der Waals surface area contributed by atoms with E-state index in [9.17, 15) is 4.79 Å². The van der Waals surface area contributed by atoms with E-state index in [2.05, 4.69) is 5.10 Å². The molecule has 0 atom stereocenters. The number of nitrogens with zero attached hydrogens (tertiary/aromatic N) is 3. The number of halogens is 1. The topological polar surface area (TPSA) is 58.4 Å². The highest BCUT2D eigenvalue weighted by atomic mass is 35.5. The highest BCUT2D eigenvalue weighted by Gasteiger charge is 2.13. The van der Waals surface area contributed by atoms with E-state index >= 15 is 0 Å². The summed E-state index contributed by atoms with van der Waals surface area (Å²) in [5.74, 6) is -0.893. The molecule has 1 aromatic carbocycles. The molecule has 2 aromatic rings. The van der Waals surface area contributed by atoms with Gasteiger partial charge in [-0.3, -0.25) is 9.48 Å². The molecule has 0 spiro atoms. The third-order valence-corrected chi connectivity index (χ3v) is 2.86. The Bertz CT molecular complexity index is 583. The maximum Gasteiger partial charge on any atom is 0.323 e. The molecule has 0 amide bonds. The molecule has 0 aliphatic heterocycles. The van der Waals surface area contributed by atoms with Gasteiger partial charge in [-0.2, -0.15) is 5.10 Å². The molecule has 1 N–H and O–H groups in total. The van der Waals surface area contributed by atoms with Gasteiger partial charge in [0.25, 0.3) is 0 Å². The molecule has 0 saturated carbocycles. The molecule has 1 heterocycles. The van der Waals surface area contributed by atoms with Crippen molar-refractivity contribution in [3.63, 3.8) is 0 Å². The smallest absolute Gasteiger partial charge is 0.323 e. The minimum atomic E-state index is -0.893. The fourth-order valence-electron chi connectivity index (χ4n) is 1.82. The van der Waals surface area contributed by atoms with Crippen LogP contribution in [0.3, 0.4) is 0 Å². The van der Waals surface area contributed by atoms with E-state index < -0.39 is 5.97 Å². The van der Waals surface area contributed by atoms with Crippen LogP contribution in [0.1, 0.15) is 5.69 Å². The van der Waals surface area contributed by atoms with E-state index in [1.807, 2.05) is 25.4 Å². The van der Waals surface area contributed by atoms with Gasteiger partial charge in [0, 0.05) is 24.0 Å². The van der Waals surface area contributed by atoms with Gasteiger partial charge in [0.15, 0.2) is 0 Å². The second-order valence-electron chi connectivity index (χ2n) is 4.21. The number of anilines is 1. The summed E-state index contributed by atoms with van der Waals surface area (Å²) in [5, 5.41) is 13.8. The number of carboxylic acid groups (broad SMARTS) is 1. The van der Waals surface area contributed by atoms with Crippen LogP contribution in [0, 0.1) is 0 Å². The van der Waals surface area contributed by atoms with Crippen molar-refractivity contribution in [2.75, 3.05) is 11.4 Å². The number of benzene rings is 1. The Hall–Kier alpha value is -2.01. The highest BCUT2D eigenvalue weighted by Crippen LogP contribution is 2.20. The van der Waals surface area contributed by atoms with Crippen molar-refractivity contribution in [2.24, 2.45) is 7.05 Å². The molecule has 0 saturated heterocycles. The molecule has 100 valence electrons. The first kappa shape index (κ1) is 13.4. The lowest BCUT2D eigenvalue weighted by Gasteiger charge is -2.22. The summed E-state index contributed by atoms with van der Waals surface area (Å²) in [6.07, 6.45) is 1.83. The SMILES string of the molecule is Cn1ccc(CN(CC(=O)O)c2cccc(Cl)c2)n1. The lowest BCUT2D eigenvalue weighted by molar-refractivity contribution is -0.135. The number of aliphatic carboxylic acids is 1. The number of aryl methyl sites for hydroxylation is 1. The summed E-state index contributed by atoms with van der Waals surface area (Å²) < 4.78 is 1.69. The van der Waals surface area contributed by atoms with Gasteiger partial charge in [0.1, 0.15) is 6.54 Å². The molecule has 6 heteroatoms. The predicted octanol–water partition coefficient (Wildman–Crippen LogP) is 2.16. The maximum atomic E-state index is 11.0. The van der Waals surface area contributed by atoms with Crippen LogP contribution in [0.15, 0.2) is 36.5 Å². The molecule has 0 aliphatic carbocycles. The van der Waals surface area contributed by atoms with Crippen molar-refractivity contribution in [3.8, 4) is 0 Å². The lowest BCUT2D eigenvalue weighted by Crippen LogP contribution is -2.29. The molecule has 0 bridgehead atoms. The van der Waals surface area contributed by atoms with Crippen molar-refractivity contribution in [1.29, 1.82) is 0 Å². The third kappa shape index (κ3) is 3.72. The van der Waals surface area contributed by atoms with Crippen LogP contribution in [-0.2, 0) is 18.4 Å². The zero-order valence-electron chi connectivity index (χ0n) is 10.5. The summed E-state index contributed by atoms with van der Waals surface area (Å²) in [6.45, 7) is 0.324. The molecule has 0 aliphatic rings. The number of carbonyl (C=O) groups is 1. The molecule has 0 radical (unpaired) electrons. The molecule has 0 unspecified atom stereocenters. The van der Waals surface area contributed by atoms with Gasteiger partial charge in [-0.1, -0.05) is 17.7 Å². The minimum absolute atomic E-state index is 0.100. The summed E-state index contributed by atoms with van der Waals surface area (Å²) in [5.41, 5.74) is 1.57. The number of hydrogen-bond donors (Lipinski definition) is 1. The third-order valence-electron chi connectivity index (χ3n) is 2.62. The summed E-state index contributed by atoms with van der Waals surface area (Å²) in [6, 6.07) is 8.99. The van der Waals surface area contributed by atoms with Crippen LogP contribution in [0.5, 0.6) is 0 Å². The van der Waals surface area contributed by atoms with E-state index in [0.29, 0.717) is 11.6 Å². The van der Waals surface area contributed by atoms with Gasteiger partial charge in [-0.25, -0.2) is 0 Å². The van der Waals surface area contributed by atoms with Crippen molar-refractivity contribution < 1.29 is 9.90 Å². The second-order valence-corrected chi connectivity index (χ2v) is 4.65. The Kier molecular flexibility index (Phi) is 4.06. The van der Waals surface area contributed by atoms with Crippen molar-refractivity contribution >= 4 is 23.3 Å². The number of aromatic nitrogens is 2. The van der Waals surface area contributed by atoms with Crippen LogP contribution in [0.2, 0.25) is 5.02 Å². The van der Waals surface area contributed by atoms with E-state index in [-0.39, 0.29) is 6.54 Å². The molecule has 5 nitrogen and oxygen atoms in total. The fraction of sp³-hybridized carbons (Fsp3) is 0.231. The van der Waals surface area contributed by atoms with Crippen LogP contribution < -0.4 is 4.90 Å². The van der Waals surface area contributed by atoms with Gasteiger partial charge in [0.2, 0.25) is 0 Å². The molecule has 19 heavy (non-hydrogen) atoms. The van der Waals surface area contributed by atoms with E-state index in [1.165, 1.54) is 0 Å². The summed E-state index contributed by atoms with van der Waals surface area (Å²) >= 11 is 5.94. The van der Waals surface area contributed by atoms with Crippen LogP contribution in [0.25, 0.3) is 0 Å². The Balaban J connectivity index is 2.22. The Morgan fingerprint density at radius 1 is 1.47 bits per heavy atom. The van der Waals surface area contributed by atoms with Gasteiger partial charge in [-0.05, 0) is 24.3 Å². The molecule has 2 rings (SSSR count). The average molecular weight is 280 g/mol. The van der Waals surface area contributed by atoms with Crippen LogP contribution >= 0.6 is 11.6 Å². The Morgan fingerprint density at radius 2 is 2.26 bits per heavy atom. The zero-order chi connectivity index (χ0) is 13.8. The first-order valence-electron chi connectivity index (χ1n) is 5.75. The van der Waals surface area contributed by atoms with Crippen molar-refractivity contribution in [1.82, 2.24) is 9.78 Å². The Morgan fingerprint density at radius 3 is 2.84 bits per heavy atom. The van der Waals surface area contributed by atoms with Gasteiger partial charge in [0.05, 0.1) is 12.2 Å². The molecule has 0 fully saturated rings. The minimum Gasteiger partial charge on any atom is -0.480 e. The van der Waals surface area contributed by atoms with Gasteiger partial charge in [-0.15, -0.1) is 0 Å². The largest absolute Gasteiger partial charge is 0.480 e. The van der Waals surface area contributed by atoms with E-state index in [4.69, 9.17) is 16.7 Å². The maximum absolute atomic E-state index is 11.0. The monoisotopic (exact) mass is 279 g/mol. The van der Waals surface area contributed by atoms with Crippen LogP contribution in [-0.4, -0.2) is 27.4 Å². The summed E-state index contributed by atoms with van der Waals surface area (Å²) in [7, 11) is 1.82. The number of hydrogen-bond acceptors (Lipinski definition) is 3. The second kappa shape index (κ2) is 5.75. The quantitative estimate of drug-likeness (QED) is 0.911. The predicted molar refractivity (Wildman–Crippen MR) is 73.3 cm³/mol. The average Bonchev–Trinajstić information content (AvgIpc) is 2.73. The first-order valence-corrected chi connectivity index (χ1v) is 6.13. The van der Waals surface area contributed by atoms with E-state index in [1.54, 1.807) is 27.8 Å². The molecule has 1 aromatic heterocycles. The molecular formula is C13H14ClN3O2. The fourth-order valence-corrected chi connectivity index (χ4v) is 2.00. The van der Waals surface area contributed by atoms with Gasteiger partial charge < -0.3 is 10.0 Å². The zero-order valence-corrected chi connectivity index (χ0v) is 11.2. The standard InChI is InChI=1S/C13H14ClN3O2/c1-16-6-5-11(15-16)8-17(9-13(18)19)12-4-2-3-10(14)7-12/h2-7H,8-9H2,1H3,(H,18,19). The Labute approximate surface area is 116 Å². The first-order chi connectivity index (χ1) is 9.04. The van der Waals surface area contributed by atoms with E-state index in [0.717, 1.165) is 11.4 Å².